The molecule has 3 N–H and O–H groups in total. The first-order valence-corrected chi connectivity index (χ1v) is 20.9. The number of carbonyl (C=O) groups is 5. The monoisotopic (exact) mass is 749 g/mol. The third kappa shape index (κ3) is 8.02. The molecule has 3 aliphatic heterocycles. The van der Waals surface area contributed by atoms with Gasteiger partial charge in [-0.1, -0.05) is 62.1 Å². The molecule has 1 saturated heterocycles. The SMILES string of the molecule is C=C[C@@H]1C[C@@]1(NC(=O)[C@@H]1C[C@@H]2CN1C(=O)[C@H](C1CCCCC1)NC(=O)CCCCC/C=C/c1cccc3c1CN(C3)C(=O)O2)C(=O)NS(=O)(=O)C1CC1. The number of fused-ring (bicyclic) bond motifs is 3. The quantitative estimate of drug-likeness (QED) is 0.354. The molecule has 1 aromatic rings. The fourth-order valence-electron chi connectivity index (χ4n) is 8.55. The van der Waals surface area contributed by atoms with Crippen molar-refractivity contribution in [1.29, 1.82) is 0 Å². The number of hydrogen-bond acceptors (Lipinski definition) is 8. The van der Waals surface area contributed by atoms with Crippen LogP contribution in [0.1, 0.15) is 107 Å². The maximum Gasteiger partial charge on any atom is 0.410 e. The molecule has 0 radical (unpaired) electrons. The highest BCUT2D eigenvalue weighted by Crippen LogP contribution is 2.45. The molecule has 5 amide bonds. The van der Waals surface area contributed by atoms with Crippen LogP contribution in [0.3, 0.4) is 0 Å². The number of ether oxygens (including phenoxy) is 1. The van der Waals surface area contributed by atoms with Gasteiger partial charge in [0.1, 0.15) is 23.7 Å². The molecule has 4 fully saturated rings. The molecule has 14 heteroatoms. The highest BCUT2D eigenvalue weighted by atomic mass is 32.2. The summed E-state index contributed by atoms with van der Waals surface area (Å²) >= 11 is 0. The lowest BCUT2D eigenvalue weighted by molar-refractivity contribution is -0.143. The summed E-state index contributed by atoms with van der Waals surface area (Å²) in [7, 11) is -3.89. The van der Waals surface area contributed by atoms with Crippen molar-refractivity contribution in [2.24, 2.45) is 11.8 Å². The minimum atomic E-state index is -3.89. The molecule has 4 bridgehead atoms. The summed E-state index contributed by atoms with van der Waals surface area (Å²) in [4.78, 5) is 72.5. The molecule has 7 rings (SSSR count). The number of benzene rings is 1. The molecule has 1 aromatic carbocycles. The first-order valence-electron chi connectivity index (χ1n) is 19.3. The lowest BCUT2D eigenvalue weighted by Gasteiger charge is -2.35. The van der Waals surface area contributed by atoms with E-state index in [1.165, 1.54) is 11.0 Å². The number of allylic oxidation sites excluding steroid dienone is 1. The molecular formula is C39H51N5O8S. The Bertz CT molecular complexity index is 1790. The van der Waals surface area contributed by atoms with E-state index in [9.17, 15) is 32.4 Å². The van der Waals surface area contributed by atoms with Gasteiger partial charge in [-0.2, -0.15) is 0 Å². The topological polar surface area (TPSA) is 171 Å². The van der Waals surface area contributed by atoms with E-state index < -0.39 is 68.7 Å². The molecule has 0 unspecified atom stereocenters. The first kappa shape index (κ1) is 37.1. The van der Waals surface area contributed by atoms with E-state index in [4.69, 9.17) is 4.74 Å². The van der Waals surface area contributed by atoms with Gasteiger partial charge >= 0.3 is 6.09 Å². The third-order valence-corrected chi connectivity index (χ3v) is 13.7. The molecule has 0 aromatic heterocycles. The molecular weight excluding hydrogens is 699 g/mol. The Hall–Kier alpha value is -4.20. The van der Waals surface area contributed by atoms with Crippen molar-refractivity contribution in [3.63, 3.8) is 0 Å². The third-order valence-electron chi connectivity index (χ3n) is 11.9. The Morgan fingerprint density at radius 1 is 1.00 bits per heavy atom. The van der Waals surface area contributed by atoms with Crippen molar-refractivity contribution in [3.05, 3.63) is 53.6 Å². The highest BCUT2D eigenvalue weighted by molar-refractivity contribution is 7.91. The lowest BCUT2D eigenvalue weighted by atomic mass is 9.83. The fourth-order valence-corrected chi connectivity index (χ4v) is 9.92. The summed E-state index contributed by atoms with van der Waals surface area (Å²) in [6.07, 6.45) is 13.3. The predicted molar refractivity (Wildman–Crippen MR) is 196 cm³/mol. The van der Waals surface area contributed by atoms with Gasteiger partial charge in [-0.25, -0.2) is 13.2 Å². The van der Waals surface area contributed by atoms with Crippen molar-refractivity contribution in [2.45, 2.75) is 132 Å². The van der Waals surface area contributed by atoms with Crippen molar-refractivity contribution in [1.82, 2.24) is 25.2 Å². The summed E-state index contributed by atoms with van der Waals surface area (Å²) in [6.45, 7) is 4.45. The van der Waals surface area contributed by atoms with Crippen LogP contribution in [0.15, 0.2) is 36.9 Å². The van der Waals surface area contributed by atoms with Gasteiger partial charge in [0, 0.05) is 25.3 Å². The summed E-state index contributed by atoms with van der Waals surface area (Å²) in [6, 6.07) is 3.99. The second kappa shape index (κ2) is 15.3. The van der Waals surface area contributed by atoms with Gasteiger partial charge in [0.2, 0.25) is 27.7 Å². The van der Waals surface area contributed by atoms with Crippen LogP contribution in [0.4, 0.5) is 4.79 Å². The summed E-state index contributed by atoms with van der Waals surface area (Å²) in [5.41, 5.74) is 1.58. The first-order chi connectivity index (χ1) is 25.5. The normalized spacial score (nSPS) is 30.5. The molecule has 3 saturated carbocycles. The summed E-state index contributed by atoms with van der Waals surface area (Å²) in [5.74, 6) is -2.76. The zero-order valence-electron chi connectivity index (χ0n) is 30.2. The lowest BCUT2D eigenvalue weighted by Crippen LogP contribution is -2.59. The van der Waals surface area contributed by atoms with Gasteiger partial charge < -0.3 is 20.3 Å². The van der Waals surface area contributed by atoms with Crippen molar-refractivity contribution < 1.29 is 37.1 Å². The van der Waals surface area contributed by atoms with E-state index in [2.05, 4.69) is 34.1 Å². The van der Waals surface area contributed by atoms with Crippen LogP contribution in [0, 0.1) is 11.8 Å². The van der Waals surface area contributed by atoms with Gasteiger partial charge in [0.15, 0.2) is 0 Å². The number of hydrogen-bond donors (Lipinski definition) is 3. The van der Waals surface area contributed by atoms with Crippen molar-refractivity contribution >= 4 is 45.8 Å². The van der Waals surface area contributed by atoms with E-state index in [0.717, 1.165) is 68.1 Å². The van der Waals surface area contributed by atoms with Crippen LogP contribution in [0.2, 0.25) is 0 Å². The molecule has 3 heterocycles. The Kier molecular flexibility index (Phi) is 10.7. The summed E-state index contributed by atoms with van der Waals surface area (Å²) < 4.78 is 33.6. The fraction of sp³-hybridized carbons (Fsp3) is 0.615. The molecule has 3 aliphatic carbocycles. The maximum absolute atomic E-state index is 14.7. The van der Waals surface area contributed by atoms with Gasteiger partial charge in [-0.15, -0.1) is 6.58 Å². The van der Waals surface area contributed by atoms with E-state index in [1.54, 1.807) is 4.90 Å². The number of sulfonamides is 1. The zero-order chi connectivity index (χ0) is 37.3. The zero-order valence-corrected chi connectivity index (χ0v) is 31.0. The number of rotatable bonds is 7. The number of carbonyl (C=O) groups excluding carboxylic acids is 5. The molecule has 0 spiro atoms. The molecule has 6 aliphatic rings. The van der Waals surface area contributed by atoms with Crippen LogP contribution in [-0.2, 0) is 47.0 Å². The Balaban J connectivity index is 1.16. The van der Waals surface area contributed by atoms with E-state index >= 15 is 0 Å². The summed E-state index contributed by atoms with van der Waals surface area (Å²) in [5, 5.41) is 5.21. The highest BCUT2D eigenvalue weighted by Gasteiger charge is 2.62. The number of nitrogens with one attached hydrogen (secondary N) is 3. The maximum atomic E-state index is 14.7. The van der Waals surface area contributed by atoms with Crippen LogP contribution in [-0.4, -0.2) is 83.5 Å². The van der Waals surface area contributed by atoms with E-state index in [0.29, 0.717) is 32.4 Å². The average Bonchev–Trinajstić information content (AvgIpc) is 4.04. The minimum absolute atomic E-state index is 0.0275. The average molecular weight is 750 g/mol. The Morgan fingerprint density at radius 3 is 2.51 bits per heavy atom. The number of amides is 5. The van der Waals surface area contributed by atoms with Gasteiger partial charge in [-0.3, -0.25) is 28.8 Å². The van der Waals surface area contributed by atoms with Crippen LogP contribution in [0.25, 0.3) is 6.08 Å². The van der Waals surface area contributed by atoms with Crippen molar-refractivity contribution in [2.75, 3.05) is 6.54 Å². The smallest absolute Gasteiger partial charge is 0.410 e. The van der Waals surface area contributed by atoms with Gasteiger partial charge in [-0.05, 0) is 74.0 Å². The van der Waals surface area contributed by atoms with Crippen LogP contribution >= 0.6 is 0 Å². The van der Waals surface area contributed by atoms with Gasteiger partial charge in [0.05, 0.1) is 18.3 Å². The van der Waals surface area contributed by atoms with Crippen LogP contribution < -0.4 is 15.4 Å². The second-order valence-electron chi connectivity index (χ2n) is 15.7. The molecule has 13 nitrogen and oxygen atoms in total. The molecule has 5 atom stereocenters. The predicted octanol–water partition coefficient (Wildman–Crippen LogP) is 3.82. The minimum Gasteiger partial charge on any atom is -0.444 e. The van der Waals surface area contributed by atoms with Crippen molar-refractivity contribution in [3.8, 4) is 0 Å². The van der Waals surface area contributed by atoms with E-state index in [-0.39, 0.29) is 37.6 Å². The van der Waals surface area contributed by atoms with Gasteiger partial charge in [0.25, 0.3) is 5.91 Å². The second-order valence-corrected chi connectivity index (χ2v) is 17.7. The van der Waals surface area contributed by atoms with Crippen LogP contribution in [0.5, 0.6) is 0 Å². The molecule has 53 heavy (non-hydrogen) atoms. The standard InChI is InChI=1S/C39H51N5O8S/c1-2-28-21-39(28,37(48)42-53(50,51)30-18-19-30)41-35(46)32-20-29-23-44(32)36(47)34(26-13-8-6-9-14-26)40-33(45)17-10-5-3-4-7-12-25-15-11-16-27-22-43(24-31(25)27)38(49)52-29/h2,7,11-12,15-16,26,28-30,32,34H,1,3-6,8-10,13-14,17-24H2,(H,40,45)(H,41,46)(H,42,48)/b12-7+/t28-,29-,32+,34+,39+/m1/s1. The largest absolute Gasteiger partial charge is 0.444 e. The Labute approximate surface area is 311 Å². The molecule has 286 valence electrons. The Morgan fingerprint density at radius 2 is 1.77 bits per heavy atom. The number of nitrogens with zero attached hydrogens (tertiary/aromatic N) is 2. The van der Waals surface area contributed by atoms with E-state index in [1.807, 2.05) is 18.2 Å².